The van der Waals surface area contributed by atoms with Crippen molar-refractivity contribution in [3.8, 4) is 0 Å². The summed E-state index contributed by atoms with van der Waals surface area (Å²) in [5.74, 6) is 0. The van der Waals surface area contributed by atoms with Gasteiger partial charge in [-0.2, -0.15) is 5.10 Å². The fourth-order valence-electron chi connectivity index (χ4n) is 2.20. The van der Waals surface area contributed by atoms with Crippen molar-refractivity contribution in [3.05, 3.63) is 24.2 Å². The average Bonchev–Trinajstić information content (AvgIpc) is 2.91. The number of pyridine rings is 1. The highest BCUT2D eigenvalue weighted by Gasteiger charge is 2.44. The molecule has 2 aromatic heterocycles. The summed E-state index contributed by atoms with van der Waals surface area (Å²) < 4.78 is 2.08. The number of aliphatic imine (C=N–C) groups is 1. The van der Waals surface area contributed by atoms with Crippen LogP contribution in [-0.4, -0.2) is 26.5 Å². The molecule has 1 fully saturated rings. The lowest BCUT2D eigenvalue weighted by molar-refractivity contribution is 0.492. The van der Waals surface area contributed by atoms with Crippen molar-refractivity contribution in [1.82, 2.24) is 14.8 Å². The Morgan fingerprint density at radius 3 is 3.13 bits per heavy atom. The maximum Gasteiger partial charge on any atom is 0.0961 e. The molecule has 0 aromatic carbocycles. The van der Waals surface area contributed by atoms with E-state index in [0.717, 1.165) is 23.1 Å². The Bertz CT molecular complexity index is 577. The van der Waals surface area contributed by atoms with Gasteiger partial charge in [0.1, 0.15) is 0 Å². The van der Waals surface area contributed by atoms with E-state index in [9.17, 15) is 0 Å². The van der Waals surface area contributed by atoms with Gasteiger partial charge in [0.2, 0.25) is 0 Å². The summed E-state index contributed by atoms with van der Waals surface area (Å²) in [5.41, 5.74) is 2.32. The molecule has 15 heavy (non-hydrogen) atoms. The van der Waals surface area contributed by atoms with E-state index in [-0.39, 0.29) is 5.54 Å². The molecule has 0 bridgehead atoms. The van der Waals surface area contributed by atoms with Crippen molar-refractivity contribution >= 4 is 17.1 Å². The minimum atomic E-state index is 0.197. The van der Waals surface area contributed by atoms with Gasteiger partial charge in [-0.05, 0) is 18.9 Å². The van der Waals surface area contributed by atoms with Gasteiger partial charge in [-0.15, -0.1) is 0 Å². The molecule has 4 rings (SSSR count). The monoisotopic (exact) mass is 198 g/mol. The first kappa shape index (κ1) is 7.56. The third kappa shape index (κ3) is 0.936. The second-order valence-electron chi connectivity index (χ2n) is 4.42. The molecule has 0 unspecified atom stereocenters. The predicted molar refractivity (Wildman–Crippen MR) is 57.1 cm³/mol. The van der Waals surface area contributed by atoms with Crippen LogP contribution >= 0.6 is 0 Å². The Labute approximate surface area is 86.6 Å². The van der Waals surface area contributed by atoms with E-state index in [1.54, 1.807) is 6.20 Å². The summed E-state index contributed by atoms with van der Waals surface area (Å²) in [4.78, 5) is 8.75. The maximum absolute atomic E-state index is 4.62. The predicted octanol–water partition coefficient (Wildman–Crippen LogP) is 1.40. The van der Waals surface area contributed by atoms with E-state index < -0.39 is 0 Å². The first-order valence-electron chi connectivity index (χ1n) is 5.22. The van der Waals surface area contributed by atoms with Crippen LogP contribution in [0.3, 0.4) is 0 Å². The van der Waals surface area contributed by atoms with Gasteiger partial charge >= 0.3 is 0 Å². The number of nitrogens with zero attached hydrogens (tertiary/aromatic N) is 4. The molecule has 0 N–H and O–H groups in total. The quantitative estimate of drug-likeness (QED) is 0.642. The molecular formula is C11H10N4. The normalized spacial score (nSPS) is 20.8. The first-order chi connectivity index (χ1) is 7.36. The highest BCUT2D eigenvalue weighted by molar-refractivity contribution is 5.97. The van der Waals surface area contributed by atoms with Crippen LogP contribution in [0.15, 0.2) is 23.5 Å². The molecule has 74 valence electrons. The van der Waals surface area contributed by atoms with Gasteiger partial charge in [0, 0.05) is 24.0 Å². The molecule has 4 heteroatoms. The van der Waals surface area contributed by atoms with Crippen LogP contribution in [-0.2, 0) is 6.54 Å². The summed E-state index contributed by atoms with van der Waals surface area (Å²) in [6.07, 6.45) is 8.03. The number of aromatic nitrogens is 3. The molecule has 0 radical (unpaired) electrons. The van der Waals surface area contributed by atoms with Crippen LogP contribution in [0.2, 0.25) is 0 Å². The van der Waals surface area contributed by atoms with Crippen LogP contribution < -0.4 is 0 Å². The molecule has 1 aliphatic carbocycles. The lowest BCUT2D eigenvalue weighted by Crippen LogP contribution is -2.23. The molecule has 2 aromatic rings. The van der Waals surface area contributed by atoms with Gasteiger partial charge in [-0.25, -0.2) is 0 Å². The molecule has 2 aliphatic rings. The van der Waals surface area contributed by atoms with Crippen LogP contribution in [0.1, 0.15) is 18.5 Å². The van der Waals surface area contributed by atoms with E-state index in [0.29, 0.717) is 0 Å². The van der Waals surface area contributed by atoms with E-state index in [1.165, 1.54) is 12.8 Å². The average molecular weight is 198 g/mol. The molecule has 0 atom stereocenters. The highest BCUT2D eigenvalue weighted by Crippen LogP contribution is 2.43. The summed E-state index contributed by atoms with van der Waals surface area (Å²) in [6, 6.07) is 1.95. The van der Waals surface area contributed by atoms with Crippen molar-refractivity contribution in [2.75, 3.05) is 0 Å². The zero-order valence-corrected chi connectivity index (χ0v) is 8.22. The van der Waals surface area contributed by atoms with Gasteiger partial charge < -0.3 is 0 Å². The van der Waals surface area contributed by atoms with E-state index in [2.05, 4.69) is 19.8 Å². The maximum atomic E-state index is 4.62. The second kappa shape index (κ2) is 2.27. The third-order valence-corrected chi connectivity index (χ3v) is 3.31. The molecule has 1 saturated carbocycles. The molecule has 0 amide bonds. The minimum absolute atomic E-state index is 0.197. The van der Waals surface area contributed by atoms with Crippen molar-refractivity contribution in [3.63, 3.8) is 0 Å². The first-order valence-corrected chi connectivity index (χ1v) is 5.22. The Kier molecular flexibility index (Phi) is 1.14. The van der Waals surface area contributed by atoms with Crippen molar-refractivity contribution in [1.29, 1.82) is 0 Å². The number of hydrogen-bond donors (Lipinski definition) is 0. The Morgan fingerprint density at radius 1 is 1.33 bits per heavy atom. The summed E-state index contributed by atoms with van der Waals surface area (Å²) in [7, 11) is 0. The minimum Gasteiger partial charge on any atom is -0.282 e. The van der Waals surface area contributed by atoms with Gasteiger partial charge in [-0.3, -0.25) is 14.7 Å². The molecule has 1 aliphatic heterocycles. The summed E-state index contributed by atoms with van der Waals surface area (Å²) in [6.45, 7) is 0.938. The van der Waals surface area contributed by atoms with Crippen molar-refractivity contribution in [2.24, 2.45) is 4.99 Å². The van der Waals surface area contributed by atoms with Crippen molar-refractivity contribution < 1.29 is 0 Å². The SMILES string of the molecule is C1=NC2(CC2)Cn2nc3ccncc3c21. The molecule has 1 spiro atoms. The Morgan fingerprint density at radius 2 is 2.27 bits per heavy atom. The summed E-state index contributed by atoms with van der Waals surface area (Å²) in [5, 5.41) is 5.68. The standard InChI is InChI=1S/C11H10N4/c1-4-12-5-8-9(1)14-15-7-11(2-3-11)13-6-10(8)15/h1,4-6H,2-3,7H2. The molecular weight excluding hydrogens is 188 g/mol. The number of hydrogen-bond acceptors (Lipinski definition) is 3. The molecule has 0 saturated heterocycles. The molecule has 3 heterocycles. The lowest BCUT2D eigenvalue weighted by Gasteiger charge is -2.16. The van der Waals surface area contributed by atoms with E-state index in [1.807, 2.05) is 18.5 Å². The van der Waals surface area contributed by atoms with E-state index >= 15 is 0 Å². The number of rotatable bonds is 0. The van der Waals surface area contributed by atoms with Crippen LogP contribution in [0.4, 0.5) is 0 Å². The highest BCUT2D eigenvalue weighted by atomic mass is 15.3. The Hall–Kier alpha value is -1.71. The second-order valence-corrected chi connectivity index (χ2v) is 4.42. The fraction of sp³-hybridized carbons (Fsp3) is 0.364. The zero-order valence-electron chi connectivity index (χ0n) is 8.22. The lowest BCUT2D eigenvalue weighted by atomic mass is 10.2. The fourth-order valence-corrected chi connectivity index (χ4v) is 2.20. The topological polar surface area (TPSA) is 43.1 Å². The number of fused-ring (bicyclic) bond motifs is 3. The van der Waals surface area contributed by atoms with Gasteiger partial charge in [-0.1, -0.05) is 0 Å². The van der Waals surface area contributed by atoms with Crippen LogP contribution in [0, 0.1) is 0 Å². The van der Waals surface area contributed by atoms with Gasteiger partial charge in [0.05, 0.1) is 23.3 Å². The van der Waals surface area contributed by atoms with Crippen molar-refractivity contribution in [2.45, 2.75) is 24.9 Å². The Balaban J connectivity index is 2.01. The van der Waals surface area contributed by atoms with Crippen LogP contribution in [0.25, 0.3) is 10.9 Å². The van der Waals surface area contributed by atoms with Crippen LogP contribution in [0.5, 0.6) is 0 Å². The van der Waals surface area contributed by atoms with Gasteiger partial charge in [0.25, 0.3) is 0 Å². The van der Waals surface area contributed by atoms with Gasteiger partial charge in [0.15, 0.2) is 0 Å². The molecule has 4 nitrogen and oxygen atoms in total. The zero-order chi connectivity index (χ0) is 9.88. The largest absolute Gasteiger partial charge is 0.282 e. The summed E-state index contributed by atoms with van der Waals surface area (Å²) >= 11 is 0. The third-order valence-electron chi connectivity index (χ3n) is 3.31. The smallest absolute Gasteiger partial charge is 0.0961 e. The van der Waals surface area contributed by atoms with E-state index in [4.69, 9.17) is 0 Å².